The molecule has 0 bridgehead atoms. The van der Waals surface area contributed by atoms with Crippen molar-refractivity contribution in [2.45, 2.75) is 0 Å². The van der Waals surface area contributed by atoms with E-state index in [0.29, 0.717) is 24.6 Å². The molecule has 4 rings (SSSR count). The van der Waals surface area contributed by atoms with Crippen molar-refractivity contribution in [2.24, 2.45) is 0 Å². The fourth-order valence-electron chi connectivity index (χ4n) is 2.50. The van der Waals surface area contributed by atoms with Crippen LogP contribution in [0.15, 0.2) is 65.3 Å². The van der Waals surface area contributed by atoms with Crippen molar-refractivity contribution >= 4 is 27.9 Å². The zero-order chi connectivity index (χ0) is 15.5. The number of furan rings is 1. The van der Waals surface area contributed by atoms with Gasteiger partial charge < -0.3 is 14.5 Å². The van der Waals surface area contributed by atoms with E-state index in [1.54, 1.807) is 6.33 Å². The summed E-state index contributed by atoms with van der Waals surface area (Å²) in [5, 5.41) is 4.24. The Labute approximate surface area is 132 Å². The predicted molar refractivity (Wildman–Crippen MR) is 89.7 cm³/mol. The topological polar surface area (TPSA) is 60.2 Å². The molecule has 0 amide bonds. The monoisotopic (exact) mass is 305 g/mol. The van der Waals surface area contributed by atoms with Crippen molar-refractivity contribution < 1.29 is 9.15 Å². The molecular weight excluding hydrogens is 290 g/mol. The Kier molecular flexibility index (Phi) is 3.52. The summed E-state index contributed by atoms with van der Waals surface area (Å²) in [6, 6.07) is 17.6. The molecule has 23 heavy (non-hydrogen) atoms. The van der Waals surface area contributed by atoms with Crippen LogP contribution in [0.4, 0.5) is 5.82 Å². The standard InChI is InChI=1S/C18H15N3O2/c1-2-6-13(7-3-1)22-11-10-19-18-17-16(20-12-21-18)14-8-4-5-9-15(14)23-17/h1-9,12H,10-11H2,(H,19,20,21). The van der Waals surface area contributed by atoms with Crippen LogP contribution in [-0.4, -0.2) is 23.1 Å². The normalized spacial score (nSPS) is 11.0. The molecule has 0 fully saturated rings. The number of hydrogen-bond acceptors (Lipinski definition) is 5. The van der Waals surface area contributed by atoms with Gasteiger partial charge in [0, 0.05) is 5.39 Å². The molecule has 0 atom stereocenters. The molecule has 0 aliphatic rings. The van der Waals surface area contributed by atoms with E-state index in [1.807, 2.05) is 54.6 Å². The maximum atomic E-state index is 5.87. The van der Waals surface area contributed by atoms with Gasteiger partial charge in [-0.05, 0) is 24.3 Å². The van der Waals surface area contributed by atoms with Crippen LogP contribution in [0.1, 0.15) is 0 Å². The van der Waals surface area contributed by atoms with Crippen LogP contribution in [0.2, 0.25) is 0 Å². The SMILES string of the molecule is c1ccc(OCCNc2ncnc3c2oc2ccccc23)cc1. The van der Waals surface area contributed by atoms with E-state index < -0.39 is 0 Å². The van der Waals surface area contributed by atoms with Crippen LogP contribution in [0.25, 0.3) is 22.1 Å². The average Bonchev–Trinajstić information content (AvgIpc) is 2.99. The first-order chi connectivity index (χ1) is 11.4. The molecule has 1 N–H and O–H groups in total. The zero-order valence-electron chi connectivity index (χ0n) is 12.4. The second kappa shape index (κ2) is 5.96. The summed E-state index contributed by atoms with van der Waals surface area (Å²) in [6.45, 7) is 1.16. The van der Waals surface area contributed by atoms with E-state index in [4.69, 9.17) is 9.15 Å². The lowest BCUT2D eigenvalue weighted by molar-refractivity contribution is 0.333. The molecule has 114 valence electrons. The molecular formula is C18H15N3O2. The van der Waals surface area contributed by atoms with Gasteiger partial charge in [-0.25, -0.2) is 9.97 Å². The van der Waals surface area contributed by atoms with Crippen molar-refractivity contribution in [1.82, 2.24) is 9.97 Å². The Bertz CT molecular complexity index is 935. The Morgan fingerprint density at radius 2 is 1.78 bits per heavy atom. The highest BCUT2D eigenvalue weighted by atomic mass is 16.5. The number of nitrogens with zero attached hydrogens (tertiary/aromatic N) is 2. The molecule has 0 radical (unpaired) electrons. The molecule has 0 aliphatic heterocycles. The van der Waals surface area contributed by atoms with Crippen LogP contribution in [-0.2, 0) is 0 Å². The summed E-state index contributed by atoms with van der Waals surface area (Å²) in [6.07, 6.45) is 1.55. The van der Waals surface area contributed by atoms with Crippen LogP contribution in [0, 0.1) is 0 Å². The molecule has 0 saturated carbocycles. The highest BCUT2D eigenvalue weighted by Gasteiger charge is 2.12. The summed E-state index contributed by atoms with van der Waals surface area (Å²) in [5.41, 5.74) is 2.31. The Morgan fingerprint density at radius 1 is 0.957 bits per heavy atom. The number of fused-ring (bicyclic) bond motifs is 3. The highest BCUT2D eigenvalue weighted by Crippen LogP contribution is 2.30. The number of hydrogen-bond donors (Lipinski definition) is 1. The summed E-state index contributed by atoms with van der Waals surface area (Å²) in [7, 11) is 0. The fourth-order valence-corrected chi connectivity index (χ4v) is 2.50. The number of rotatable bonds is 5. The minimum atomic E-state index is 0.537. The van der Waals surface area contributed by atoms with Crippen LogP contribution in [0.3, 0.4) is 0 Å². The zero-order valence-corrected chi connectivity index (χ0v) is 12.4. The number of anilines is 1. The van der Waals surface area contributed by atoms with Gasteiger partial charge in [0.05, 0.1) is 6.54 Å². The van der Waals surface area contributed by atoms with Gasteiger partial charge >= 0.3 is 0 Å². The van der Waals surface area contributed by atoms with Gasteiger partial charge in [-0.3, -0.25) is 0 Å². The Hall–Kier alpha value is -3.08. The molecule has 5 nitrogen and oxygen atoms in total. The summed E-state index contributed by atoms with van der Waals surface area (Å²) < 4.78 is 11.5. The smallest absolute Gasteiger partial charge is 0.196 e. The van der Waals surface area contributed by atoms with Gasteiger partial charge in [-0.15, -0.1) is 0 Å². The van der Waals surface area contributed by atoms with Crippen LogP contribution >= 0.6 is 0 Å². The first-order valence-electron chi connectivity index (χ1n) is 7.46. The average molecular weight is 305 g/mol. The third kappa shape index (κ3) is 2.68. The first-order valence-corrected chi connectivity index (χ1v) is 7.46. The van der Waals surface area contributed by atoms with Gasteiger partial charge in [-0.1, -0.05) is 30.3 Å². The van der Waals surface area contributed by atoms with E-state index in [-0.39, 0.29) is 0 Å². The maximum Gasteiger partial charge on any atom is 0.196 e. The van der Waals surface area contributed by atoms with Gasteiger partial charge in [0.1, 0.15) is 29.8 Å². The Balaban J connectivity index is 1.50. The number of ether oxygens (including phenoxy) is 1. The van der Waals surface area contributed by atoms with Crippen LogP contribution in [0.5, 0.6) is 5.75 Å². The number of nitrogens with one attached hydrogen (secondary N) is 1. The number of para-hydroxylation sites is 2. The van der Waals surface area contributed by atoms with Crippen molar-refractivity contribution in [3.63, 3.8) is 0 Å². The summed E-state index contributed by atoms with van der Waals surface area (Å²) in [4.78, 5) is 8.60. The molecule has 2 aromatic heterocycles. The van der Waals surface area contributed by atoms with Gasteiger partial charge in [0.15, 0.2) is 11.4 Å². The molecule has 0 saturated heterocycles. The first kappa shape index (κ1) is 13.6. The number of aromatic nitrogens is 2. The van der Waals surface area contributed by atoms with Crippen molar-refractivity contribution in [1.29, 1.82) is 0 Å². The Morgan fingerprint density at radius 3 is 2.70 bits per heavy atom. The van der Waals surface area contributed by atoms with Crippen molar-refractivity contribution in [2.75, 3.05) is 18.5 Å². The lowest BCUT2D eigenvalue weighted by Gasteiger charge is -2.07. The predicted octanol–water partition coefficient (Wildman–Crippen LogP) is 3.87. The molecule has 2 heterocycles. The van der Waals surface area contributed by atoms with E-state index in [1.165, 1.54) is 0 Å². The lowest BCUT2D eigenvalue weighted by Crippen LogP contribution is -2.12. The molecule has 5 heteroatoms. The van der Waals surface area contributed by atoms with E-state index in [2.05, 4.69) is 15.3 Å². The highest BCUT2D eigenvalue weighted by molar-refractivity contribution is 6.05. The van der Waals surface area contributed by atoms with Gasteiger partial charge in [0.25, 0.3) is 0 Å². The van der Waals surface area contributed by atoms with Gasteiger partial charge in [-0.2, -0.15) is 0 Å². The van der Waals surface area contributed by atoms with E-state index in [0.717, 1.165) is 22.2 Å². The van der Waals surface area contributed by atoms with E-state index in [9.17, 15) is 0 Å². The minimum absolute atomic E-state index is 0.537. The van der Waals surface area contributed by atoms with Crippen molar-refractivity contribution in [3.8, 4) is 5.75 Å². The van der Waals surface area contributed by atoms with Gasteiger partial charge in [0.2, 0.25) is 0 Å². The number of benzene rings is 2. The second-order valence-electron chi connectivity index (χ2n) is 5.09. The molecule has 0 spiro atoms. The fraction of sp³-hybridized carbons (Fsp3) is 0.111. The second-order valence-corrected chi connectivity index (χ2v) is 5.09. The third-order valence-corrected chi connectivity index (χ3v) is 3.56. The molecule has 0 aliphatic carbocycles. The maximum absolute atomic E-state index is 5.87. The molecule has 2 aromatic carbocycles. The van der Waals surface area contributed by atoms with Crippen LogP contribution < -0.4 is 10.1 Å². The largest absolute Gasteiger partial charge is 0.492 e. The quantitative estimate of drug-likeness (QED) is 0.567. The lowest BCUT2D eigenvalue weighted by atomic mass is 10.2. The molecule has 4 aromatic rings. The van der Waals surface area contributed by atoms with Crippen molar-refractivity contribution in [3.05, 3.63) is 60.9 Å². The van der Waals surface area contributed by atoms with E-state index >= 15 is 0 Å². The molecule has 0 unspecified atom stereocenters. The third-order valence-electron chi connectivity index (χ3n) is 3.56. The summed E-state index contributed by atoms with van der Waals surface area (Å²) in [5.74, 6) is 1.54. The summed E-state index contributed by atoms with van der Waals surface area (Å²) >= 11 is 0. The minimum Gasteiger partial charge on any atom is -0.492 e.